The van der Waals surface area contributed by atoms with Gasteiger partial charge in [0.2, 0.25) is 0 Å². The number of hydrogen-bond donors (Lipinski definition) is 1. The topological polar surface area (TPSA) is 35.2 Å². The predicted molar refractivity (Wildman–Crippen MR) is 81.6 cm³/mol. The molecule has 0 heterocycles. The van der Waals surface area contributed by atoms with Crippen molar-refractivity contribution in [2.45, 2.75) is 56.5 Å². The minimum Gasteiger partial charge on any atom is -0.490 e. The molecule has 2 fully saturated rings. The van der Waals surface area contributed by atoms with E-state index in [9.17, 15) is 0 Å². The smallest absolute Gasteiger partial charge is 0.123 e. The zero-order valence-electron chi connectivity index (χ0n) is 11.3. The Morgan fingerprint density at radius 2 is 1.95 bits per heavy atom. The lowest BCUT2D eigenvalue weighted by Crippen LogP contribution is -2.37. The molecule has 1 aromatic carbocycles. The van der Waals surface area contributed by atoms with Crippen molar-refractivity contribution in [2.75, 3.05) is 6.54 Å². The normalized spacial score (nSPS) is 22.2. The van der Waals surface area contributed by atoms with Crippen molar-refractivity contribution in [3.05, 3.63) is 28.2 Å². The van der Waals surface area contributed by atoms with Crippen LogP contribution in [0, 0.1) is 0 Å². The zero-order chi connectivity index (χ0) is 13.3. The van der Waals surface area contributed by atoms with Gasteiger partial charge in [0.25, 0.3) is 0 Å². The van der Waals surface area contributed by atoms with Gasteiger partial charge in [-0.2, -0.15) is 0 Å². The third kappa shape index (κ3) is 2.82. The highest BCUT2D eigenvalue weighted by molar-refractivity contribution is 9.10. The van der Waals surface area contributed by atoms with Gasteiger partial charge in [0.05, 0.1) is 6.10 Å². The zero-order valence-corrected chi connectivity index (χ0v) is 12.9. The first-order valence-corrected chi connectivity index (χ1v) is 8.20. The Hall–Kier alpha value is -0.540. The van der Waals surface area contributed by atoms with Crippen molar-refractivity contribution in [2.24, 2.45) is 5.73 Å². The average Bonchev–Trinajstić information content (AvgIpc) is 3.25. The van der Waals surface area contributed by atoms with E-state index in [1.165, 1.54) is 50.5 Å². The van der Waals surface area contributed by atoms with Gasteiger partial charge < -0.3 is 10.5 Å². The molecule has 2 saturated carbocycles. The summed E-state index contributed by atoms with van der Waals surface area (Å²) in [5, 5.41) is 0. The van der Waals surface area contributed by atoms with Crippen molar-refractivity contribution in [1.29, 1.82) is 0 Å². The van der Waals surface area contributed by atoms with Crippen molar-refractivity contribution in [3.8, 4) is 5.75 Å². The van der Waals surface area contributed by atoms with Gasteiger partial charge in [-0.05, 0) is 43.9 Å². The fourth-order valence-corrected chi connectivity index (χ4v) is 3.56. The summed E-state index contributed by atoms with van der Waals surface area (Å²) in [6.07, 6.45) is 9.14. The van der Waals surface area contributed by atoms with Crippen LogP contribution in [0.25, 0.3) is 0 Å². The van der Waals surface area contributed by atoms with Crippen LogP contribution in [0.4, 0.5) is 0 Å². The Bertz CT molecular complexity index is 450. The minimum absolute atomic E-state index is 0.131. The molecule has 2 N–H and O–H groups in total. The van der Waals surface area contributed by atoms with E-state index in [2.05, 4.69) is 34.1 Å². The molecule has 19 heavy (non-hydrogen) atoms. The van der Waals surface area contributed by atoms with Crippen LogP contribution in [0.5, 0.6) is 5.75 Å². The van der Waals surface area contributed by atoms with E-state index in [0.717, 1.165) is 16.8 Å². The van der Waals surface area contributed by atoms with Gasteiger partial charge in [-0.25, -0.2) is 0 Å². The van der Waals surface area contributed by atoms with Gasteiger partial charge in [0.1, 0.15) is 5.75 Å². The lowest BCUT2D eigenvalue weighted by atomic mass is 9.69. The second-order valence-corrected chi connectivity index (χ2v) is 6.92. The standard InChI is InChI=1S/C16H22BrNO/c17-12-4-7-15(19-13-5-6-13)14(10-12)16(11-18)8-2-1-3-9-16/h4,7,10,13H,1-3,5-6,8-9,11,18H2. The molecule has 0 aromatic heterocycles. The molecular weight excluding hydrogens is 302 g/mol. The fraction of sp³-hybridized carbons (Fsp3) is 0.625. The molecule has 0 spiro atoms. The summed E-state index contributed by atoms with van der Waals surface area (Å²) in [6, 6.07) is 6.42. The molecule has 0 atom stereocenters. The van der Waals surface area contributed by atoms with Crippen LogP contribution in [0.1, 0.15) is 50.5 Å². The number of halogens is 1. The number of rotatable bonds is 4. The van der Waals surface area contributed by atoms with Crippen LogP contribution in [-0.2, 0) is 5.41 Å². The van der Waals surface area contributed by atoms with E-state index in [4.69, 9.17) is 10.5 Å². The Morgan fingerprint density at radius 1 is 1.21 bits per heavy atom. The summed E-state index contributed by atoms with van der Waals surface area (Å²) in [5.41, 5.74) is 7.63. The van der Waals surface area contributed by atoms with Gasteiger partial charge in [0, 0.05) is 22.0 Å². The van der Waals surface area contributed by atoms with Gasteiger partial charge >= 0.3 is 0 Å². The van der Waals surface area contributed by atoms with E-state index in [1.807, 2.05) is 0 Å². The highest BCUT2D eigenvalue weighted by Crippen LogP contribution is 2.44. The first-order valence-electron chi connectivity index (χ1n) is 7.40. The molecule has 3 heteroatoms. The molecule has 0 aliphatic heterocycles. The molecule has 3 rings (SSSR count). The summed E-state index contributed by atoms with van der Waals surface area (Å²) in [7, 11) is 0. The van der Waals surface area contributed by atoms with Crippen LogP contribution in [0.3, 0.4) is 0 Å². The lowest BCUT2D eigenvalue weighted by molar-refractivity contribution is 0.263. The molecule has 104 valence electrons. The molecule has 0 bridgehead atoms. The van der Waals surface area contributed by atoms with Crippen LogP contribution in [-0.4, -0.2) is 12.6 Å². The van der Waals surface area contributed by atoms with Crippen molar-refractivity contribution >= 4 is 15.9 Å². The Kier molecular flexibility index (Phi) is 3.86. The maximum atomic E-state index is 6.16. The van der Waals surface area contributed by atoms with Crippen LogP contribution < -0.4 is 10.5 Å². The van der Waals surface area contributed by atoms with Crippen LogP contribution >= 0.6 is 15.9 Å². The maximum absolute atomic E-state index is 6.16. The van der Waals surface area contributed by atoms with Crippen LogP contribution in [0.2, 0.25) is 0 Å². The van der Waals surface area contributed by atoms with E-state index >= 15 is 0 Å². The van der Waals surface area contributed by atoms with E-state index in [-0.39, 0.29) is 5.41 Å². The Morgan fingerprint density at radius 3 is 2.58 bits per heavy atom. The average molecular weight is 324 g/mol. The molecular formula is C16H22BrNO. The SMILES string of the molecule is NCC1(c2cc(Br)ccc2OC2CC2)CCCCC1. The molecule has 0 saturated heterocycles. The van der Waals surface area contributed by atoms with E-state index < -0.39 is 0 Å². The third-order valence-corrected chi connectivity index (χ3v) is 5.03. The minimum atomic E-state index is 0.131. The van der Waals surface area contributed by atoms with Gasteiger partial charge in [-0.15, -0.1) is 0 Å². The van der Waals surface area contributed by atoms with Gasteiger partial charge in [0.15, 0.2) is 0 Å². The van der Waals surface area contributed by atoms with Gasteiger partial charge in [-0.3, -0.25) is 0 Å². The summed E-state index contributed by atoms with van der Waals surface area (Å²) < 4.78 is 7.24. The predicted octanol–water partition coefficient (Wildman–Crippen LogP) is 4.15. The first kappa shape index (κ1) is 13.4. The Balaban J connectivity index is 1.97. The number of benzene rings is 1. The fourth-order valence-electron chi connectivity index (χ4n) is 3.20. The van der Waals surface area contributed by atoms with Crippen LogP contribution in [0.15, 0.2) is 22.7 Å². The van der Waals surface area contributed by atoms with Crippen molar-refractivity contribution < 1.29 is 4.74 Å². The molecule has 2 aliphatic carbocycles. The molecule has 0 unspecified atom stereocenters. The molecule has 2 aliphatic rings. The maximum Gasteiger partial charge on any atom is 0.123 e. The summed E-state index contributed by atoms with van der Waals surface area (Å²) in [6.45, 7) is 0.727. The third-order valence-electron chi connectivity index (χ3n) is 4.53. The summed E-state index contributed by atoms with van der Waals surface area (Å²) >= 11 is 3.60. The molecule has 2 nitrogen and oxygen atoms in total. The number of nitrogens with two attached hydrogens (primary N) is 1. The van der Waals surface area contributed by atoms with E-state index in [1.54, 1.807) is 0 Å². The van der Waals surface area contributed by atoms with Crippen molar-refractivity contribution in [3.63, 3.8) is 0 Å². The largest absolute Gasteiger partial charge is 0.490 e. The van der Waals surface area contributed by atoms with Crippen molar-refractivity contribution in [1.82, 2.24) is 0 Å². The van der Waals surface area contributed by atoms with Gasteiger partial charge in [-0.1, -0.05) is 35.2 Å². The lowest BCUT2D eigenvalue weighted by Gasteiger charge is -2.38. The Labute approximate surface area is 123 Å². The number of hydrogen-bond acceptors (Lipinski definition) is 2. The second-order valence-electron chi connectivity index (χ2n) is 6.00. The monoisotopic (exact) mass is 323 g/mol. The molecule has 0 amide bonds. The quantitative estimate of drug-likeness (QED) is 0.903. The highest BCUT2D eigenvalue weighted by Gasteiger charge is 2.36. The summed E-state index contributed by atoms with van der Waals surface area (Å²) in [5.74, 6) is 1.07. The number of ether oxygens (including phenoxy) is 1. The molecule has 0 radical (unpaired) electrons. The highest BCUT2D eigenvalue weighted by atomic mass is 79.9. The van der Waals surface area contributed by atoms with E-state index in [0.29, 0.717) is 6.10 Å². The summed E-state index contributed by atoms with van der Waals surface area (Å²) in [4.78, 5) is 0. The first-order chi connectivity index (χ1) is 9.23. The molecule has 1 aromatic rings. The second kappa shape index (κ2) is 5.45.